The summed E-state index contributed by atoms with van der Waals surface area (Å²) in [6.07, 6.45) is 0. The molecule has 4 nitrogen and oxygen atoms in total. The van der Waals surface area contributed by atoms with Crippen LogP contribution in [0.15, 0.2) is 24.3 Å². The Bertz CT molecular complexity index is 388. The summed E-state index contributed by atoms with van der Waals surface area (Å²) in [5.74, 6) is -0.860. The Morgan fingerprint density at radius 2 is 1.94 bits per heavy atom. The van der Waals surface area contributed by atoms with Crippen molar-refractivity contribution < 1.29 is 14.6 Å². The van der Waals surface area contributed by atoms with Gasteiger partial charge in [0.2, 0.25) is 0 Å². The molecule has 2 N–H and O–H groups in total. The van der Waals surface area contributed by atoms with Crippen molar-refractivity contribution in [3.8, 4) is 0 Å². The van der Waals surface area contributed by atoms with Crippen molar-refractivity contribution >= 4 is 5.97 Å². The number of hydrogen-bond donors (Lipinski definition) is 2. The number of carboxylic acid groups (broad SMARTS) is 1. The maximum atomic E-state index is 11.0. The second kappa shape index (κ2) is 5.80. The number of hydrogen-bond acceptors (Lipinski definition) is 3. The van der Waals surface area contributed by atoms with E-state index in [-0.39, 0.29) is 0 Å². The molecule has 0 atom stereocenters. The first-order valence-corrected chi connectivity index (χ1v) is 5.51. The van der Waals surface area contributed by atoms with E-state index in [1.807, 2.05) is 24.3 Å². The third kappa shape index (κ3) is 3.84. The van der Waals surface area contributed by atoms with Gasteiger partial charge in [-0.25, -0.2) is 0 Å². The van der Waals surface area contributed by atoms with Gasteiger partial charge in [-0.2, -0.15) is 0 Å². The fourth-order valence-corrected chi connectivity index (χ4v) is 1.42. The molecule has 17 heavy (non-hydrogen) atoms. The molecule has 0 bridgehead atoms. The number of aliphatic carboxylic acids is 1. The number of ether oxygens (including phenoxy) is 1. The topological polar surface area (TPSA) is 58.6 Å². The molecule has 0 unspecified atom stereocenters. The van der Waals surface area contributed by atoms with Crippen LogP contribution in [0.5, 0.6) is 0 Å². The minimum absolute atomic E-state index is 0.513. The molecule has 0 saturated carbocycles. The zero-order valence-electron chi connectivity index (χ0n) is 10.5. The SMILES string of the molecule is COCc1ccccc1CNC(C)(C)C(=O)O. The number of benzene rings is 1. The average Bonchev–Trinajstić information content (AvgIpc) is 2.28. The Kier molecular flexibility index (Phi) is 4.66. The first-order valence-electron chi connectivity index (χ1n) is 5.51. The van der Waals surface area contributed by atoms with Crippen LogP contribution in [0.3, 0.4) is 0 Å². The number of carbonyl (C=O) groups is 1. The molecule has 0 aliphatic heterocycles. The van der Waals surface area contributed by atoms with Gasteiger partial charge in [0, 0.05) is 13.7 Å². The van der Waals surface area contributed by atoms with Crippen LogP contribution in [0, 0.1) is 0 Å². The number of nitrogens with one attached hydrogen (secondary N) is 1. The van der Waals surface area contributed by atoms with E-state index in [0.29, 0.717) is 13.2 Å². The average molecular weight is 237 g/mol. The molecule has 4 heteroatoms. The van der Waals surface area contributed by atoms with Gasteiger partial charge in [0.15, 0.2) is 0 Å². The Morgan fingerprint density at radius 1 is 1.35 bits per heavy atom. The largest absolute Gasteiger partial charge is 0.480 e. The molecule has 0 saturated heterocycles. The fourth-order valence-electron chi connectivity index (χ4n) is 1.42. The van der Waals surface area contributed by atoms with Crippen LogP contribution < -0.4 is 5.32 Å². The molecular formula is C13H19NO3. The van der Waals surface area contributed by atoms with Crippen LogP contribution in [-0.2, 0) is 22.7 Å². The highest BCUT2D eigenvalue weighted by atomic mass is 16.5. The second-order valence-electron chi connectivity index (χ2n) is 4.49. The first kappa shape index (κ1) is 13.7. The highest BCUT2D eigenvalue weighted by Gasteiger charge is 2.26. The van der Waals surface area contributed by atoms with Crippen LogP contribution in [0.1, 0.15) is 25.0 Å². The zero-order chi connectivity index (χ0) is 12.9. The van der Waals surface area contributed by atoms with E-state index in [1.165, 1.54) is 0 Å². The van der Waals surface area contributed by atoms with Crippen molar-refractivity contribution in [1.29, 1.82) is 0 Å². The van der Waals surface area contributed by atoms with Crippen LogP contribution >= 0.6 is 0 Å². The van der Waals surface area contributed by atoms with E-state index in [2.05, 4.69) is 5.32 Å². The van der Waals surface area contributed by atoms with Crippen LogP contribution in [0.2, 0.25) is 0 Å². The summed E-state index contributed by atoms with van der Waals surface area (Å²) >= 11 is 0. The third-order valence-electron chi connectivity index (χ3n) is 2.67. The van der Waals surface area contributed by atoms with Crippen LogP contribution in [0.4, 0.5) is 0 Å². The van der Waals surface area contributed by atoms with Gasteiger partial charge in [-0.15, -0.1) is 0 Å². The van der Waals surface area contributed by atoms with E-state index in [4.69, 9.17) is 9.84 Å². The summed E-state index contributed by atoms with van der Waals surface area (Å²) in [5.41, 5.74) is 1.20. The molecular weight excluding hydrogens is 218 g/mol. The Labute approximate surface area is 102 Å². The minimum Gasteiger partial charge on any atom is -0.480 e. The second-order valence-corrected chi connectivity index (χ2v) is 4.49. The monoisotopic (exact) mass is 237 g/mol. The Hall–Kier alpha value is -1.39. The van der Waals surface area contributed by atoms with Crippen LogP contribution in [-0.4, -0.2) is 23.7 Å². The molecule has 0 fully saturated rings. The zero-order valence-corrected chi connectivity index (χ0v) is 10.5. The lowest BCUT2D eigenvalue weighted by Gasteiger charge is -2.22. The summed E-state index contributed by atoms with van der Waals surface area (Å²) in [5, 5.41) is 12.0. The summed E-state index contributed by atoms with van der Waals surface area (Å²) < 4.78 is 5.10. The van der Waals surface area contributed by atoms with Gasteiger partial charge in [-0.1, -0.05) is 24.3 Å². The van der Waals surface area contributed by atoms with Crippen molar-refractivity contribution in [2.24, 2.45) is 0 Å². The summed E-state index contributed by atoms with van der Waals surface area (Å²) in [7, 11) is 1.64. The molecule has 0 heterocycles. The molecule has 0 radical (unpaired) electrons. The maximum Gasteiger partial charge on any atom is 0.323 e. The molecule has 0 spiro atoms. The standard InChI is InChI=1S/C13H19NO3/c1-13(2,12(15)16)14-8-10-6-4-5-7-11(10)9-17-3/h4-7,14H,8-9H2,1-3H3,(H,15,16). The fraction of sp³-hybridized carbons (Fsp3) is 0.462. The third-order valence-corrected chi connectivity index (χ3v) is 2.67. The maximum absolute atomic E-state index is 11.0. The highest BCUT2D eigenvalue weighted by Crippen LogP contribution is 2.12. The van der Waals surface area contributed by atoms with E-state index < -0.39 is 11.5 Å². The van der Waals surface area contributed by atoms with Crippen molar-refractivity contribution in [3.63, 3.8) is 0 Å². The predicted octanol–water partition coefficient (Wildman–Crippen LogP) is 1.79. The quantitative estimate of drug-likeness (QED) is 0.792. The van der Waals surface area contributed by atoms with E-state index >= 15 is 0 Å². The van der Waals surface area contributed by atoms with Crippen molar-refractivity contribution in [2.75, 3.05) is 7.11 Å². The lowest BCUT2D eigenvalue weighted by Crippen LogP contribution is -2.46. The summed E-state index contributed by atoms with van der Waals surface area (Å²) in [6, 6.07) is 7.83. The molecule has 1 aromatic carbocycles. The highest BCUT2D eigenvalue weighted by molar-refractivity contribution is 5.77. The Morgan fingerprint density at radius 3 is 2.47 bits per heavy atom. The number of methoxy groups -OCH3 is 1. The van der Waals surface area contributed by atoms with Gasteiger partial charge in [0.25, 0.3) is 0 Å². The molecule has 1 aromatic rings. The predicted molar refractivity (Wildman–Crippen MR) is 65.7 cm³/mol. The van der Waals surface area contributed by atoms with Gasteiger partial charge in [-0.05, 0) is 25.0 Å². The van der Waals surface area contributed by atoms with E-state index in [9.17, 15) is 4.79 Å². The minimum atomic E-state index is -0.930. The molecule has 0 aliphatic rings. The first-order chi connectivity index (χ1) is 7.97. The summed E-state index contributed by atoms with van der Waals surface area (Å²) in [4.78, 5) is 11.0. The lowest BCUT2D eigenvalue weighted by atomic mass is 10.0. The van der Waals surface area contributed by atoms with Gasteiger partial charge in [-0.3, -0.25) is 10.1 Å². The number of rotatable bonds is 6. The molecule has 0 aliphatic carbocycles. The van der Waals surface area contributed by atoms with Crippen molar-refractivity contribution in [3.05, 3.63) is 35.4 Å². The summed E-state index contributed by atoms with van der Waals surface area (Å²) in [6.45, 7) is 4.34. The van der Waals surface area contributed by atoms with Gasteiger partial charge in [0.1, 0.15) is 5.54 Å². The molecule has 94 valence electrons. The van der Waals surface area contributed by atoms with Gasteiger partial charge in [0.05, 0.1) is 6.61 Å². The molecule has 0 amide bonds. The smallest absolute Gasteiger partial charge is 0.323 e. The normalized spacial score (nSPS) is 11.5. The Balaban J connectivity index is 2.72. The van der Waals surface area contributed by atoms with E-state index in [0.717, 1.165) is 11.1 Å². The molecule has 1 rings (SSSR count). The van der Waals surface area contributed by atoms with Gasteiger partial charge < -0.3 is 9.84 Å². The van der Waals surface area contributed by atoms with Crippen molar-refractivity contribution in [2.45, 2.75) is 32.5 Å². The number of carboxylic acids is 1. The van der Waals surface area contributed by atoms with Gasteiger partial charge >= 0.3 is 5.97 Å². The lowest BCUT2D eigenvalue weighted by molar-refractivity contribution is -0.143. The van der Waals surface area contributed by atoms with Crippen LogP contribution in [0.25, 0.3) is 0 Å². The molecule has 0 aromatic heterocycles. The van der Waals surface area contributed by atoms with E-state index in [1.54, 1.807) is 21.0 Å². The van der Waals surface area contributed by atoms with Crippen molar-refractivity contribution in [1.82, 2.24) is 5.32 Å².